The van der Waals surface area contributed by atoms with E-state index in [-0.39, 0.29) is 18.9 Å². The Morgan fingerprint density at radius 2 is 0.778 bits per heavy atom. The fourth-order valence-corrected chi connectivity index (χ4v) is 11.3. The van der Waals surface area contributed by atoms with Gasteiger partial charge in [-0.05, 0) is 70.6 Å². The molecule has 0 spiro atoms. The lowest BCUT2D eigenvalue weighted by molar-refractivity contribution is -0.379. The van der Waals surface area contributed by atoms with Crippen molar-refractivity contribution in [2.45, 2.75) is 330 Å². The lowest BCUT2D eigenvalue weighted by Gasteiger charge is -2.48. The highest BCUT2D eigenvalue weighted by Crippen LogP contribution is 2.33. The third kappa shape index (κ3) is 33.9. The first kappa shape index (κ1) is 81.2. The zero-order chi connectivity index (χ0) is 65.4. The molecule has 3 saturated heterocycles. The molecule has 90 heavy (non-hydrogen) atoms. The molecule has 0 aromatic heterocycles. The summed E-state index contributed by atoms with van der Waals surface area (Å²) in [7, 11) is 0. The van der Waals surface area contributed by atoms with E-state index >= 15 is 0 Å². The molecule has 17 atom stereocenters. The Morgan fingerprint density at radius 3 is 1.24 bits per heavy atom. The number of unbranched alkanes of at least 4 members (excludes halogenated alkanes) is 24. The van der Waals surface area contributed by atoms with Gasteiger partial charge < -0.3 is 89.9 Å². The molecular formula is C71H123NO18. The summed E-state index contributed by atoms with van der Waals surface area (Å²) in [6, 6.07) is -0.989. The van der Waals surface area contributed by atoms with Crippen molar-refractivity contribution in [3.8, 4) is 0 Å². The molecule has 3 fully saturated rings. The first-order chi connectivity index (χ1) is 43.8. The van der Waals surface area contributed by atoms with E-state index in [0.29, 0.717) is 12.8 Å². The first-order valence-electron chi connectivity index (χ1n) is 34.8. The van der Waals surface area contributed by atoms with Crippen LogP contribution in [0.15, 0.2) is 85.1 Å². The van der Waals surface area contributed by atoms with Gasteiger partial charge in [0.2, 0.25) is 5.91 Å². The molecule has 17 unspecified atom stereocenters. The SMILES string of the molecule is CC/C=C\C/C=C\C/C=C\C/C=C\C/C=C\CCCCCCCCCCCCCCCCCCCCCCCC(=O)NC(COC1OC(CO)C(OC2OC(CO)C(OC3OC(CO)C(O)C(O)C3O)C(O)C2O)C(O)C1O)C(O)/C=C/CC/C=C/CCCC. The summed E-state index contributed by atoms with van der Waals surface area (Å²) in [6.07, 6.45) is 40.7. The lowest BCUT2D eigenvalue weighted by Crippen LogP contribution is -2.66. The van der Waals surface area contributed by atoms with E-state index in [9.17, 15) is 61.0 Å². The molecule has 0 radical (unpaired) electrons. The van der Waals surface area contributed by atoms with E-state index in [1.807, 2.05) is 6.08 Å². The number of hydrogen-bond donors (Lipinski definition) is 12. The van der Waals surface area contributed by atoms with E-state index in [0.717, 1.165) is 77.0 Å². The highest BCUT2D eigenvalue weighted by Gasteiger charge is 2.53. The molecule has 19 heteroatoms. The summed E-state index contributed by atoms with van der Waals surface area (Å²) >= 11 is 0. The average molecular weight is 1280 g/mol. The number of carbonyl (C=O) groups excluding carboxylic acids is 1. The Kier molecular flexibility index (Phi) is 47.2. The van der Waals surface area contributed by atoms with Crippen molar-refractivity contribution in [2.75, 3.05) is 26.4 Å². The van der Waals surface area contributed by atoms with E-state index in [2.05, 4.69) is 92.1 Å². The summed E-state index contributed by atoms with van der Waals surface area (Å²) in [4.78, 5) is 13.3. The topological polar surface area (TPSA) is 307 Å². The van der Waals surface area contributed by atoms with E-state index in [1.165, 1.54) is 116 Å². The number of aliphatic hydroxyl groups excluding tert-OH is 11. The molecule has 19 nitrogen and oxygen atoms in total. The number of hydrogen-bond acceptors (Lipinski definition) is 18. The summed E-state index contributed by atoms with van der Waals surface area (Å²) in [5.74, 6) is -0.289. The number of nitrogens with one attached hydrogen (secondary N) is 1. The van der Waals surface area contributed by atoms with Gasteiger partial charge in [-0.15, -0.1) is 0 Å². The first-order valence-corrected chi connectivity index (χ1v) is 34.8. The van der Waals surface area contributed by atoms with Crippen LogP contribution in [0, 0.1) is 0 Å². The van der Waals surface area contributed by atoms with Crippen molar-refractivity contribution >= 4 is 5.91 Å². The van der Waals surface area contributed by atoms with Gasteiger partial charge in [-0.3, -0.25) is 4.79 Å². The van der Waals surface area contributed by atoms with Crippen molar-refractivity contribution in [2.24, 2.45) is 0 Å². The molecule has 0 aromatic rings. The van der Waals surface area contributed by atoms with Crippen LogP contribution in [-0.4, -0.2) is 193 Å². The zero-order valence-electron chi connectivity index (χ0n) is 54.8. The van der Waals surface area contributed by atoms with Gasteiger partial charge >= 0.3 is 0 Å². The number of aliphatic hydroxyl groups is 11. The lowest BCUT2D eigenvalue weighted by atomic mass is 9.96. The molecule has 3 rings (SSSR count). The van der Waals surface area contributed by atoms with Gasteiger partial charge in [-0.2, -0.15) is 0 Å². The third-order valence-electron chi connectivity index (χ3n) is 16.9. The molecular weight excluding hydrogens is 1150 g/mol. The van der Waals surface area contributed by atoms with Crippen molar-refractivity contribution in [1.82, 2.24) is 5.32 Å². The normalized spacial score (nSPS) is 28.6. The fourth-order valence-electron chi connectivity index (χ4n) is 11.3. The molecule has 0 aliphatic carbocycles. The summed E-state index contributed by atoms with van der Waals surface area (Å²) in [5.41, 5.74) is 0. The maximum Gasteiger partial charge on any atom is 0.220 e. The fraction of sp³-hybridized carbons (Fsp3) is 0.789. The Balaban J connectivity index is 1.28. The standard InChI is InChI=1S/C71H123NO18/c1-3-5-7-9-11-13-14-15-16-17-18-19-20-21-22-23-24-25-26-27-28-29-30-31-32-33-34-35-36-37-38-39-40-41-43-45-47-49-59(77)72-54(55(76)48-46-44-42-12-10-8-6-4-2)53-85-69-65(83)62(80)67(57(51-74)87-69)90-71-66(84)63(81)68(58(52-75)88-71)89-70-64(82)61(79)60(78)56(50-73)86-70/h5,7,10-13,15-16,18-19,21-22,46,48,54-58,60-71,73-76,78-84H,3-4,6,8-9,14,17,20,23-45,47,49-53H2,1-2H3,(H,72,77)/b7-5-,12-10+,13-11-,16-15-,19-18-,22-21-,48-46+. The van der Waals surface area contributed by atoms with Crippen molar-refractivity contribution in [1.29, 1.82) is 0 Å². The van der Waals surface area contributed by atoms with Crippen LogP contribution in [0.1, 0.15) is 226 Å². The molecule has 12 N–H and O–H groups in total. The van der Waals surface area contributed by atoms with Crippen molar-refractivity contribution in [3.05, 3.63) is 85.1 Å². The van der Waals surface area contributed by atoms with Crippen LogP contribution in [0.2, 0.25) is 0 Å². The Morgan fingerprint density at radius 1 is 0.411 bits per heavy atom. The molecule has 3 aliphatic rings. The third-order valence-corrected chi connectivity index (χ3v) is 16.9. The van der Waals surface area contributed by atoms with Crippen LogP contribution in [0.25, 0.3) is 0 Å². The quantitative estimate of drug-likeness (QED) is 0.0200. The molecule has 0 aromatic carbocycles. The summed E-state index contributed by atoms with van der Waals surface area (Å²) in [5, 5.41) is 120. The monoisotopic (exact) mass is 1280 g/mol. The molecule has 0 bridgehead atoms. The molecule has 3 heterocycles. The van der Waals surface area contributed by atoms with Crippen LogP contribution >= 0.6 is 0 Å². The number of rotatable bonds is 52. The number of ether oxygens (including phenoxy) is 6. The average Bonchev–Trinajstić information content (AvgIpc) is 0.847. The second-order valence-corrected chi connectivity index (χ2v) is 24.6. The van der Waals surface area contributed by atoms with Gasteiger partial charge in [0.05, 0.1) is 38.6 Å². The van der Waals surface area contributed by atoms with Gasteiger partial charge in [0, 0.05) is 6.42 Å². The van der Waals surface area contributed by atoms with Crippen LogP contribution in [0.5, 0.6) is 0 Å². The Hall–Kier alpha value is -3.03. The molecule has 0 saturated carbocycles. The molecule has 1 amide bonds. The van der Waals surface area contributed by atoms with Crippen LogP contribution in [0.3, 0.4) is 0 Å². The van der Waals surface area contributed by atoms with Gasteiger partial charge in [0.15, 0.2) is 18.9 Å². The van der Waals surface area contributed by atoms with E-state index in [1.54, 1.807) is 6.08 Å². The number of allylic oxidation sites excluding steroid dienone is 13. The second-order valence-electron chi connectivity index (χ2n) is 24.6. The predicted molar refractivity (Wildman–Crippen MR) is 351 cm³/mol. The van der Waals surface area contributed by atoms with Crippen LogP contribution < -0.4 is 5.32 Å². The maximum atomic E-state index is 13.3. The minimum Gasteiger partial charge on any atom is -0.394 e. The maximum absolute atomic E-state index is 13.3. The summed E-state index contributed by atoms with van der Waals surface area (Å²) < 4.78 is 34.2. The summed E-state index contributed by atoms with van der Waals surface area (Å²) in [6.45, 7) is 1.50. The largest absolute Gasteiger partial charge is 0.394 e. The Labute approximate surface area is 540 Å². The van der Waals surface area contributed by atoms with E-state index < -0.39 is 124 Å². The van der Waals surface area contributed by atoms with Crippen LogP contribution in [0.4, 0.5) is 0 Å². The number of amides is 1. The highest BCUT2D eigenvalue weighted by molar-refractivity contribution is 5.76. The second kappa shape index (κ2) is 52.3. The van der Waals surface area contributed by atoms with Gasteiger partial charge in [0.25, 0.3) is 0 Å². The Bertz CT molecular complexity index is 1960. The minimum atomic E-state index is -1.98. The molecule has 3 aliphatic heterocycles. The van der Waals surface area contributed by atoms with Gasteiger partial charge in [-0.25, -0.2) is 0 Å². The molecule has 520 valence electrons. The zero-order valence-corrected chi connectivity index (χ0v) is 54.8. The predicted octanol–water partition coefficient (Wildman–Crippen LogP) is 9.10. The van der Waals surface area contributed by atoms with E-state index in [4.69, 9.17) is 28.4 Å². The van der Waals surface area contributed by atoms with Crippen LogP contribution in [-0.2, 0) is 33.2 Å². The highest BCUT2D eigenvalue weighted by atomic mass is 16.8. The van der Waals surface area contributed by atoms with Gasteiger partial charge in [0.1, 0.15) is 73.2 Å². The smallest absolute Gasteiger partial charge is 0.220 e. The minimum absolute atomic E-state index is 0.234. The number of carbonyl (C=O) groups is 1. The van der Waals surface area contributed by atoms with Gasteiger partial charge in [-0.1, -0.05) is 234 Å². The van der Waals surface area contributed by atoms with Crippen molar-refractivity contribution < 1.29 is 89.4 Å². The van der Waals surface area contributed by atoms with Crippen molar-refractivity contribution in [3.63, 3.8) is 0 Å².